The van der Waals surface area contributed by atoms with Crippen molar-refractivity contribution in [2.45, 2.75) is 58.9 Å². The van der Waals surface area contributed by atoms with E-state index in [1.807, 2.05) is 0 Å². The first-order valence-electron chi connectivity index (χ1n) is 7.35. The summed E-state index contributed by atoms with van der Waals surface area (Å²) in [5.74, 6) is 1.39. The van der Waals surface area contributed by atoms with Crippen LogP contribution in [0.1, 0.15) is 52.9 Å². The van der Waals surface area contributed by atoms with E-state index in [2.05, 4.69) is 25.7 Å². The molecule has 0 bridgehead atoms. The van der Waals surface area contributed by atoms with Crippen LogP contribution in [0.3, 0.4) is 0 Å². The third-order valence-electron chi connectivity index (χ3n) is 4.69. The first-order chi connectivity index (χ1) is 8.00. The van der Waals surface area contributed by atoms with Crippen LogP contribution in [0.4, 0.5) is 0 Å². The van der Waals surface area contributed by atoms with Gasteiger partial charge in [-0.2, -0.15) is 0 Å². The average Bonchev–Trinajstić information content (AvgIpc) is 2.26. The zero-order chi connectivity index (χ0) is 12.5. The van der Waals surface area contributed by atoms with Crippen molar-refractivity contribution in [1.29, 1.82) is 0 Å². The third kappa shape index (κ3) is 3.45. The van der Waals surface area contributed by atoms with Gasteiger partial charge in [0.15, 0.2) is 0 Å². The Morgan fingerprint density at radius 1 is 1.29 bits per heavy atom. The molecule has 0 aromatic heterocycles. The van der Waals surface area contributed by atoms with Gasteiger partial charge in [-0.15, -0.1) is 0 Å². The molecule has 0 aromatic carbocycles. The fourth-order valence-electron chi connectivity index (χ4n) is 4.15. The minimum absolute atomic E-state index is 0.377. The minimum atomic E-state index is 0.377. The highest BCUT2D eigenvalue weighted by Crippen LogP contribution is 2.41. The van der Waals surface area contributed by atoms with Crippen LogP contribution >= 0.6 is 0 Å². The van der Waals surface area contributed by atoms with Crippen LogP contribution in [0.2, 0.25) is 0 Å². The summed E-state index contributed by atoms with van der Waals surface area (Å²) in [6.07, 6.45) is 6.58. The molecule has 0 aromatic rings. The number of nitrogens with zero attached hydrogens (tertiary/aromatic N) is 1. The summed E-state index contributed by atoms with van der Waals surface area (Å²) in [5, 5.41) is 9.34. The summed E-state index contributed by atoms with van der Waals surface area (Å²) < 4.78 is 0. The molecule has 2 fully saturated rings. The Morgan fingerprint density at radius 3 is 2.71 bits per heavy atom. The van der Waals surface area contributed by atoms with Gasteiger partial charge in [0.25, 0.3) is 0 Å². The lowest BCUT2D eigenvalue weighted by Crippen LogP contribution is -2.48. The van der Waals surface area contributed by atoms with E-state index in [0.717, 1.165) is 18.5 Å². The van der Waals surface area contributed by atoms with Crippen LogP contribution in [-0.4, -0.2) is 35.7 Å². The second kappa shape index (κ2) is 5.27. The third-order valence-corrected chi connectivity index (χ3v) is 4.69. The van der Waals surface area contributed by atoms with Crippen molar-refractivity contribution in [2.24, 2.45) is 17.3 Å². The van der Waals surface area contributed by atoms with Crippen LogP contribution in [0, 0.1) is 17.3 Å². The molecule has 2 aliphatic rings. The van der Waals surface area contributed by atoms with E-state index in [0.29, 0.717) is 17.9 Å². The van der Waals surface area contributed by atoms with Crippen molar-refractivity contribution in [3.05, 3.63) is 0 Å². The van der Waals surface area contributed by atoms with Crippen molar-refractivity contribution in [1.82, 2.24) is 4.90 Å². The van der Waals surface area contributed by atoms with Gasteiger partial charge < -0.3 is 5.11 Å². The van der Waals surface area contributed by atoms with Crippen LogP contribution in [0.15, 0.2) is 0 Å². The zero-order valence-electron chi connectivity index (χ0n) is 11.8. The zero-order valence-corrected chi connectivity index (χ0v) is 11.8. The van der Waals surface area contributed by atoms with Gasteiger partial charge in [0, 0.05) is 19.2 Å². The Bertz CT molecular complexity index is 251. The molecule has 1 aliphatic carbocycles. The Hall–Kier alpha value is -0.0800. The fourth-order valence-corrected chi connectivity index (χ4v) is 4.15. The quantitative estimate of drug-likeness (QED) is 0.801. The molecule has 0 spiro atoms. The van der Waals surface area contributed by atoms with Crippen molar-refractivity contribution < 1.29 is 5.11 Å². The molecule has 0 unspecified atom stereocenters. The smallest absolute Gasteiger partial charge is 0.0471 e. The summed E-state index contributed by atoms with van der Waals surface area (Å²) in [6.45, 7) is 10.0. The lowest BCUT2D eigenvalue weighted by atomic mass is 9.70. The SMILES string of the molecule is C[C@@H]1C[C@H](N2CCC[C@H](CO)C2)CC(C)(C)C1. The Morgan fingerprint density at radius 2 is 2.06 bits per heavy atom. The molecule has 17 heavy (non-hydrogen) atoms. The highest BCUT2D eigenvalue weighted by Gasteiger charge is 2.36. The van der Waals surface area contributed by atoms with E-state index in [-0.39, 0.29) is 0 Å². The number of aliphatic hydroxyl groups excluding tert-OH is 1. The van der Waals surface area contributed by atoms with Gasteiger partial charge in [-0.25, -0.2) is 0 Å². The van der Waals surface area contributed by atoms with E-state index in [4.69, 9.17) is 0 Å². The molecule has 2 rings (SSSR count). The second-order valence-corrected chi connectivity index (χ2v) is 7.25. The topological polar surface area (TPSA) is 23.5 Å². The molecule has 1 aliphatic heterocycles. The van der Waals surface area contributed by atoms with Gasteiger partial charge >= 0.3 is 0 Å². The van der Waals surface area contributed by atoms with E-state index >= 15 is 0 Å². The normalized spacial score (nSPS) is 39.2. The fraction of sp³-hybridized carbons (Fsp3) is 1.00. The summed E-state index contributed by atoms with van der Waals surface area (Å²) in [7, 11) is 0. The number of aliphatic hydroxyl groups is 1. The first kappa shape index (κ1) is 13.4. The number of likely N-dealkylation sites (tertiary alicyclic amines) is 1. The monoisotopic (exact) mass is 239 g/mol. The molecule has 0 amide bonds. The molecular weight excluding hydrogens is 210 g/mol. The molecule has 2 nitrogen and oxygen atoms in total. The maximum atomic E-state index is 9.34. The molecule has 100 valence electrons. The molecule has 1 saturated carbocycles. The predicted octanol–water partition coefficient (Wildman–Crippen LogP) is 2.91. The van der Waals surface area contributed by atoms with Crippen molar-refractivity contribution in [3.63, 3.8) is 0 Å². The van der Waals surface area contributed by atoms with Gasteiger partial charge in [-0.3, -0.25) is 4.90 Å². The van der Waals surface area contributed by atoms with Gasteiger partial charge in [0.2, 0.25) is 0 Å². The number of hydrogen-bond acceptors (Lipinski definition) is 2. The second-order valence-electron chi connectivity index (χ2n) is 7.25. The summed E-state index contributed by atoms with van der Waals surface area (Å²) >= 11 is 0. The Balaban J connectivity index is 1.96. The maximum absolute atomic E-state index is 9.34. The van der Waals surface area contributed by atoms with Crippen LogP contribution in [-0.2, 0) is 0 Å². The van der Waals surface area contributed by atoms with E-state index < -0.39 is 0 Å². The Kier molecular flexibility index (Phi) is 4.14. The van der Waals surface area contributed by atoms with E-state index in [1.165, 1.54) is 38.6 Å². The standard InChI is InChI=1S/C15H29NO/c1-12-7-14(9-15(2,3)8-12)16-6-4-5-13(10-16)11-17/h12-14,17H,4-11H2,1-3H3/t12-,13+,14+/m1/s1. The van der Waals surface area contributed by atoms with Crippen LogP contribution < -0.4 is 0 Å². The van der Waals surface area contributed by atoms with Crippen LogP contribution in [0.25, 0.3) is 0 Å². The van der Waals surface area contributed by atoms with Gasteiger partial charge in [0.1, 0.15) is 0 Å². The molecule has 2 heteroatoms. The summed E-state index contributed by atoms with van der Waals surface area (Å²) in [4.78, 5) is 2.67. The van der Waals surface area contributed by atoms with Crippen molar-refractivity contribution >= 4 is 0 Å². The molecule has 1 N–H and O–H groups in total. The lowest BCUT2D eigenvalue weighted by molar-refractivity contribution is 0.0281. The molecule has 1 heterocycles. The Labute approximate surface area is 106 Å². The lowest BCUT2D eigenvalue weighted by Gasteiger charge is -2.46. The minimum Gasteiger partial charge on any atom is -0.396 e. The van der Waals surface area contributed by atoms with Gasteiger partial charge in [0.05, 0.1) is 0 Å². The summed E-state index contributed by atoms with van der Waals surface area (Å²) in [6, 6.07) is 0.767. The highest BCUT2D eigenvalue weighted by molar-refractivity contribution is 4.89. The largest absolute Gasteiger partial charge is 0.396 e. The molecule has 1 saturated heterocycles. The maximum Gasteiger partial charge on any atom is 0.0471 e. The van der Waals surface area contributed by atoms with Crippen molar-refractivity contribution in [3.8, 4) is 0 Å². The summed E-state index contributed by atoms with van der Waals surface area (Å²) in [5.41, 5.74) is 0.508. The van der Waals surface area contributed by atoms with Crippen molar-refractivity contribution in [2.75, 3.05) is 19.7 Å². The molecule has 3 atom stereocenters. The number of piperidine rings is 1. The average molecular weight is 239 g/mol. The highest BCUT2D eigenvalue weighted by atomic mass is 16.3. The van der Waals surface area contributed by atoms with Gasteiger partial charge in [-0.05, 0) is 55.9 Å². The van der Waals surface area contributed by atoms with Crippen LogP contribution in [0.5, 0.6) is 0 Å². The van der Waals surface area contributed by atoms with E-state index in [1.54, 1.807) is 0 Å². The molecule has 0 radical (unpaired) electrons. The first-order valence-corrected chi connectivity index (χ1v) is 7.35. The number of hydrogen-bond donors (Lipinski definition) is 1. The predicted molar refractivity (Wildman–Crippen MR) is 72.0 cm³/mol. The molecular formula is C15H29NO. The van der Waals surface area contributed by atoms with Gasteiger partial charge in [-0.1, -0.05) is 20.8 Å². The van der Waals surface area contributed by atoms with E-state index in [9.17, 15) is 5.11 Å². The number of rotatable bonds is 2.